The molecule has 0 aromatic heterocycles. The molecule has 11 heavy (non-hydrogen) atoms. The van der Waals surface area contributed by atoms with Crippen LogP contribution in [0.4, 0.5) is 0 Å². The van der Waals surface area contributed by atoms with E-state index in [-0.39, 0.29) is 13.5 Å². The summed E-state index contributed by atoms with van der Waals surface area (Å²) in [4.78, 5) is 0. The molecule has 54 valence electrons. The second-order valence-electron chi connectivity index (χ2n) is 2.35. The molecule has 2 aromatic rings. The van der Waals surface area contributed by atoms with E-state index in [0.29, 0.717) is 0 Å². The van der Waals surface area contributed by atoms with E-state index in [1.807, 2.05) is 0 Å². The van der Waals surface area contributed by atoms with Crippen molar-refractivity contribution in [1.29, 1.82) is 0 Å². The predicted molar refractivity (Wildman–Crippen MR) is 51.5 cm³/mol. The topological polar surface area (TPSA) is 0 Å². The zero-order valence-electron chi connectivity index (χ0n) is 6.03. The van der Waals surface area contributed by atoms with E-state index < -0.39 is 0 Å². The van der Waals surface area contributed by atoms with Gasteiger partial charge in [0.25, 0.3) is 0 Å². The van der Waals surface area contributed by atoms with Crippen LogP contribution in [0.15, 0.2) is 48.5 Å². The van der Waals surface area contributed by atoms with Gasteiger partial charge in [0, 0.05) is 13.5 Å². The maximum Gasteiger partial charge on any atom is 0 e. The third-order valence-electron chi connectivity index (χ3n) is 1.66. The smallest absolute Gasteiger partial charge is 0 e. The van der Waals surface area contributed by atoms with Crippen LogP contribution in [-0.2, 0) is 0 Å². The molecule has 0 aliphatic rings. The Kier molecular flexibility index (Phi) is 2.55. The van der Waals surface area contributed by atoms with E-state index in [0.717, 1.165) is 0 Å². The third kappa shape index (κ3) is 1.55. The Bertz CT molecular complexity index is 276. The maximum atomic E-state index is 2.12. The number of rotatable bonds is 0. The molecule has 2 radical (unpaired) electrons. The normalized spacial score (nSPS) is 9.09. The van der Waals surface area contributed by atoms with E-state index >= 15 is 0 Å². The van der Waals surface area contributed by atoms with Crippen LogP contribution in [-0.4, -0.2) is 0 Å². The van der Waals surface area contributed by atoms with Crippen molar-refractivity contribution in [2.45, 2.75) is 0 Å². The summed E-state index contributed by atoms with van der Waals surface area (Å²) >= 11 is 0. The van der Waals surface area contributed by atoms with E-state index in [2.05, 4.69) is 48.5 Å². The van der Waals surface area contributed by atoms with E-state index in [1.54, 1.807) is 0 Å². The van der Waals surface area contributed by atoms with Crippen LogP contribution in [0, 0.1) is 0 Å². The molecule has 0 bridgehead atoms. The lowest BCUT2D eigenvalue weighted by atomic mass is 10.1. The van der Waals surface area contributed by atoms with Crippen molar-refractivity contribution >= 4 is 24.3 Å². The second kappa shape index (κ2) is 3.44. The first-order valence-corrected chi connectivity index (χ1v) is 3.40. The van der Waals surface area contributed by atoms with Crippen molar-refractivity contribution in [3.8, 4) is 0 Å². The van der Waals surface area contributed by atoms with Crippen molar-refractivity contribution in [3.05, 3.63) is 48.5 Å². The summed E-state index contributed by atoms with van der Waals surface area (Å²) in [5.41, 5.74) is 0. The molecule has 0 aliphatic heterocycles. The molecule has 0 unspecified atom stereocenters. The quantitative estimate of drug-likeness (QED) is 0.553. The number of benzene rings is 2. The molecule has 0 atom stereocenters. The van der Waals surface area contributed by atoms with Gasteiger partial charge in [-0.15, -0.1) is 0 Å². The lowest BCUT2D eigenvalue weighted by Gasteiger charge is -1.92. The summed E-state index contributed by atoms with van der Waals surface area (Å²) in [6.07, 6.45) is 0. The Morgan fingerprint density at radius 2 is 0.818 bits per heavy atom. The average Bonchev–Trinajstić information content (AvgIpc) is 2.05. The minimum atomic E-state index is 0. The zero-order valence-corrected chi connectivity index (χ0v) is 6.84. The molecule has 0 fully saturated rings. The molecular weight excluding hydrogens is 152 g/mol. The van der Waals surface area contributed by atoms with Crippen molar-refractivity contribution in [2.24, 2.45) is 0 Å². The number of fused-ring (bicyclic) bond motifs is 1. The first kappa shape index (κ1) is 8.15. The fourth-order valence-corrected chi connectivity index (χ4v) is 1.13. The highest BCUT2D eigenvalue weighted by molar-refractivity contribution is 7.59. The molecule has 2 aromatic carbocycles. The molecule has 0 heterocycles. The number of hydrogen-bond acceptors (Lipinski definition) is 0. The summed E-state index contributed by atoms with van der Waals surface area (Å²) in [5.74, 6) is 0. The highest BCUT2D eigenvalue weighted by atomic mass is 32.1. The molecule has 0 aliphatic carbocycles. The van der Waals surface area contributed by atoms with Crippen LogP contribution >= 0.6 is 13.5 Å². The summed E-state index contributed by atoms with van der Waals surface area (Å²) < 4.78 is 0. The van der Waals surface area contributed by atoms with E-state index in [4.69, 9.17) is 0 Å². The highest BCUT2D eigenvalue weighted by Gasteiger charge is 1.85. The molecule has 2 rings (SSSR count). The molecule has 0 saturated carbocycles. The summed E-state index contributed by atoms with van der Waals surface area (Å²) in [7, 11) is 0. The van der Waals surface area contributed by atoms with Crippen LogP contribution < -0.4 is 0 Å². The molecule has 0 amide bonds. The van der Waals surface area contributed by atoms with E-state index in [9.17, 15) is 0 Å². The van der Waals surface area contributed by atoms with Gasteiger partial charge in [0.15, 0.2) is 0 Å². The van der Waals surface area contributed by atoms with Crippen molar-refractivity contribution < 1.29 is 0 Å². The predicted octanol–water partition coefficient (Wildman–Crippen LogP) is 3.49. The maximum absolute atomic E-state index is 2.12. The van der Waals surface area contributed by atoms with Crippen molar-refractivity contribution in [3.63, 3.8) is 0 Å². The Hall–Kier alpha value is -0.950. The van der Waals surface area contributed by atoms with Gasteiger partial charge in [-0.25, -0.2) is 0 Å². The Morgan fingerprint density at radius 3 is 1.09 bits per heavy atom. The summed E-state index contributed by atoms with van der Waals surface area (Å²) in [6.45, 7) is 0. The number of hydrogen-bond donors (Lipinski definition) is 0. The van der Waals surface area contributed by atoms with Crippen molar-refractivity contribution in [2.75, 3.05) is 0 Å². The monoisotopic (exact) mass is 160 g/mol. The Balaban J connectivity index is 0.000000605. The summed E-state index contributed by atoms with van der Waals surface area (Å²) in [5, 5.41) is 2.62. The first-order chi connectivity index (χ1) is 4.97. The molecule has 0 saturated heterocycles. The largest absolute Gasteiger partial charge is 0.0616 e. The Morgan fingerprint density at radius 1 is 0.545 bits per heavy atom. The highest BCUT2D eigenvalue weighted by Crippen LogP contribution is 2.11. The van der Waals surface area contributed by atoms with Gasteiger partial charge >= 0.3 is 0 Å². The Labute approximate surface area is 73.3 Å². The molecular formula is C10H8S. The van der Waals surface area contributed by atoms with Crippen LogP contribution in [0.3, 0.4) is 0 Å². The van der Waals surface area contributed by atoms with Crippen LogP contribution in [0.25, 0.3) is 10.8 Å². The van der Waals surface area contributed by atoms with Gasteiger partial charge in [-0.05, 0) is 10.8 Å². The van der Waals surface area contributed by atoms with Gasteiger partial charge in [-0.2, -0.15) is 0 Å². The molecule has 0 N–H and O–H groups in total. The zero-order chi connectivity index (χ0) is 6.81. The van der Waals surface area contributed by atoms with Gasteiger partial charge in [0.2, 0.25) is 0 Å². The minimum absolute atomic E-state index is 0. The average molecular weight is 160 g/mol. The first-order valence-electron chi connectivity index (χ1n) is 3.40. The second-order valence-corrected chi connectivity index (χ2v) is 2.35. The fraction of sp³-hybridized carbons (Fsp3) is 0. The molecule has 0 spiro atoms. The van der Waals surface area contributed by atoms with E-state index in [1.165, 1.54) is 10.8 Å². The van der Waals surface area contributed by atoms with Crippen molar-refractivity contribution in [1.82, 2.24) is 0 Å². The molecule has 0 nitrogen and oxygen atoms in total. The third-order valence-corrected chi connectivity index (χ3v) is 1.66. The van der Waals surface area contributed by atoms with Gasteiger partial charge in [0.05, 0.1) is 0 Å². The lowest BCUT2D eigenvalue weighted by Crippen LogP contribution is -1.67. The summed E-state index contributed by atoms with van der Waals surface area (Å²) in [6, 6.07) is 16.7. The van der Waals surface area contributed by atoms with Gasteiger partial charge < -0.3 is 0 Å². The SMILES string of the molecule is [S].c1ccc2ccccc2c1. The van der Waals surface area contributed by atoms with Gasteiger partial charge in [0.1, 0.15) is 0 Å². The van der Waals surface area contributed by atoms with Gasteiger partial charge in [-0.1, -0.05) is 48.5 Å². The van der Waals surface area contributed by atoms with Crippen LogP contribution in [0.5, 0.6) is 0 Å². The lowest BCUT2D eigenvalue weighted by molar-refractivity contribution is 1.75. The fourth-order valence-electron chi connectivity index (χ4n) is 1.13. The standard InChI is InChI=1S/C10H8.S/c1-2-6-10-8-4-3-7-9(10)5-1;/h1-8H;. The van der Waals surface area contributed by atoms with Crippen LogP contribution in [0.1, 0.15) is 0 Å². The molecule has 1 heteroatoms. The van der Waals surface area contributed by atoms with Gasteiger partial charge in [-0.3, -0.25) is 0 Å². The minimum Gasteiger partial charge on any atom is -0.0616 e. The van der Waals surface area contributed by atoms with Crippen LogP contribution in [0.2, 0.25) is 0 Å².